The van der Waals surface area contributed by atoms with E-state index in [4.69, 9.17) is 4.98 Å². The first-order valence-corrected chi connectivity index (χ1v) is 13.3. The molecule has 8 rings (SSSR count). The molecule has 4 heterocycles. The highest BCUT2D eigenvalue weighted by Crippen LogP contribution is 2.44. The minimum Gasteiger partial charge on any atom is -0.310 e. The number of para-hydroxylation sites is 2. The van der Waals surface area contributed by atoms with Crippen molar-refractivity contribution in [2.24, 2.45) is 0 Å². The van der Waals surface area contributed by atoms with Crippen molar-refractivity contribution in [3.8, 4) is 11.5 Å². The summed E-state index contributed by atoms with van der Waals surface area (Å²) in [5, 5.41) is 6.94. The van der Waals surface area contributed by atoms with Gasteiger partial charge in [-0.2, -0.15) is 5.10 Å². The van der Waals surface area contributed by atoms with Gasteiger partial charge in [0, 0.05) is 40.7 Å². The summed E-state index contributed by atoms with van der Waals surface area (Å²) in [4.78, 5) is 7.15. The molecule has 0 bridgehead atoms. The summed E-state index contributed by atoms with van der Waals surface area (Å²) in [6.07, 6.45) is 7.66. The maximum Gasteiger partial charge on any atom is 0.137 e. The summed E-state index contributed by atoms with van der Waals surface area (Å²) in [6, 6.07) is 38.9. The van der Waals surface area contributed by atoms with Crippen LogP contribution in [-0.2, 0) is 12.8 Å². The van der Waals surface area contributed by atoms with Gasteiger partial charge in [-0.3, -0.25) is 4.57 Å². The van der Waals surface area contributed by atoms with Crippen LogP contribution in [0.3, 0.4) is 0 Å². The van der Waals surface area contributed by atoms with Gasteiger partial charge in [-0.05, 0) is 78.6 Å². The number of fused-ring (bicyclic) bond motifs is 5. The third-order valence-corrected chi connectivity index (χ3v) is 7.77. The summed E-state index contributed by atoms with van der Waals surface area (Å²) in [5.74, 6) is 0.915. The van der Waals surface area contributed by atoms with E-state index in [1.54, 1.807) is 0 Å². The molecule has 0 atom stereocenters. The minimum atomic E-state index is 0.915. The van der Waals surface area contributed by atoms with Crippen molar-refractivity contribution in [3.05, 3.63) is 139 Å². The molecule has 5 heteroatoms. The SMILES string of the molecule is c1ccc(-n2c3ccccc3c3ccc(N4c5ccccc5CCc5ccc(-n6cccn6)cc54)cc32)nc1. The summed E-state index contributed by atoms with van der Waals surface area (Å²) in [7, 11) is 0. The number of benzene rings is 4. The maximum absolute atomic E-state index is 4.73. The Kier molecular flexibility index (Phi) is 4.88. The van der Waals surface area contributed by atoms with E-state index in [1.165, 1.54) is 33.3 Å². The van der Waals surface area contributed by atoms with Crippen LogP contribution < -0.4 is 4.90 Å². The molecule has 39 heavy (non-hydrogen) atoms. The number of hydrogen-bond donors (Lipinski definition) is 0. The molecule has 3 aromatic heterocycles. The molecule has 0 saturated heterocycles. The molecule has 5 nitrogen and oxygen atoms in total. The lowest BCUT2D eigenvalue weighted by Gasteiger charge is -2.28. The zero-order valence-corrected chi connectivity index (χ0v) is 21.3. The van der Waals surface area contributed by atoms with E-state index in [-0.39, 0.29) is 0 Å². The third-order valence-electron chi connectivity index (χ3n) is 7.77. The lowest BCUT2D eigenvalue weighted by molar-refractivity contribution is 0.878. The van der Waals surface area contributed by atoms with E-state index < -0.39 is 0 Å². The Bertz CT molecular complexity index is 1970. The molecule has 0 amide bonds. The highest BCUT2D eigenvalue weighted by Gasteiger charge is 2.24. The maximum atomic E-state index is 4.73. The molecule has 0 saturated carbocycles. The van der Waals surface area contributed by atoms with Crippen LogP contribution in [0.2, 0.25) is 0 Å². The van der Waals surface area contributed by atoms with Gasteiger partial charge >= 0.3 is 0 Å². The molecule has 1 aliphatic heterocycles. The quantitative estimate of drug-likeness (QED) is 0.246. The minimum absolute atomic E-state index is 0.915. The fraction of sp³-hybridized carbons (Fsp3) is 0.0588. The summed E-state index contributed by atoms with van der Waals surface area (Å²) in [6.45, 7) is 0. The summed E-state index contributed by atoms with van der Waals surface area (Å²) in [5.41, 5.74) is 9.54. The van der Waals surface area contributed by atoms with Gasteiger partial charge in [0.05, 0.1) is 22.4 Å². The predicted molar refractivity (Wildman–Crippen MR) is 158 cm³/mol. The van der Waals surface area contributed by atoms with Gasteiger partial charge in [0.1, 0.15) is 5.82 Å². The van der Waals surface area contributed by atoms with Crippen LogP contribution in [0.25, 0.3) is 33.3 Å². The fourth-order valence-electron chi connectivity index (χ4n) is 5.98. The van der Waals surface area contributed by atoms with Crippen LogP contribution in [0, 0.1) is 0 Å². The molecule has 0 N–H and O–H groups in total. The van der Waals surface area contributed by atoms with Gasteiger partial charge in [0.2, 0.25) is 0 Å². The number of aromatic nitrogens is 4. The largest absolute Gasteiger partial charge is 0.310 e. The molecule has 0 aliphatic carbocycles. The molecular weight excluding hydrogens is 478 g/mol. The average molecular weight is 504 g/mol. The van der Waals surface area contributed by atoms with Crippen LogP contribution >= 0.6 is 0 Å². The normalized spacial score (nSPS) is 12.9. The molecule has 0 radical (unpaired) electrons. The molecule has 186 valence electrons. The number of hydrogen-bond acceptors (Lipinski definition) is 3. The average Bonchev–Trinajstić information content (AvgIpc) is 3.60. The smallest absolute Gasteiger partial charge is 0.137 e. The van der Waals surface area contributed by atoms with Crippen LogP contribution in [0.1, 0.15) is 11.1 Å². The van der Waals surface area contributed by atoms with Gasteiger partial charge in [-0.15, -0.1) is 0 Å². The number of pyridine rings is 1. The zero-order valence-electron chi connectivity index (χ0n) is 21.3. The van der Waals surface area contributed by atoms with E-state index in [0.717, 1.165) is 41.1 Å². The van der Waals surface area contributed by atoms with Crippen molar-refractivity contribution in [2.45, 2.75) is 12.8 Å². The molecule has 0 spiro atoms. The van der Waals surface area contributed by atoms with Gasteiger partial charge in [0.25, 0.3) is 0 Å². The van der Waals surface area contributed by atoms with Crippen molar-refractivity contribution in [1.82, 2.24) is 19.3 Å². The van der Waals surface area contributed by atoms with Gasteiger partial charge in [-0.25, -0.2) is 9.67 Å². The van der Waals surface area contributed by atoms with Gasteiger partial charge in [0.15, 0.2) is 0 Å². The van der Waals surface area contributed by atoms with E-state index in [0.29, 0.717) is 0 Å². The first-order valence-electron chi connectivity index (χ1n) is 13.3. The highest BCUT2D eigenvalue weighted by molar-refractivity contribution is 6.10. The van der Waals surface area contributed by atoms with Crippen molar-refractivity contribution >= 4 is 38.9 Å². The number of nitrogens with zero attached hydrogens (tertiary/aromatic N) is 5. The van der Waals surface area contributed by atoms with E-state index >= 15 is 0 Å². The Morgan fingerprint density at radius 3 is 2.23 bits per heavy atom. The number of aryl methyl sites for hydroxylation is 2. The number of rotatable bonds is 3. The standard InChI is InChI=1S/C34H25N5/c1-3-10-30-24(8-1)13-14-25-15-16-26(37-21-7-20-36-37)22-32(25)38(30)27-17-18-29-28-9-2-4-11-31(28)39(33(29)23-27)34-12-5-6-19-35-34/h1-12,15-23H,13-14H2. The van der Waals surface area contributed by atoms with Crippen molar-refractivity contribution in [3.63, 3.8) is 0 Å². The van der Waals surface area contributed by atoms with Crippen LogP contribution in [-0.4, -0.2) is 19.3 Å². The fourth-order valence-corrected chi connectivity index (χ4v) is 5.98. The van der Waals surface area contributed by atoms with E-state index in [2.05, 4.69) is 106 Å². The van der Waals surface area contributed by atoms with Crippen LogP contribution in [0.5, 0.6) is 0 Å². The molecule has 0 fully saturated rings. The monoisotopic (exact) mass is 503 g/mol. The van der Waals surface area contributed by atoms with Crippen LogP contribution in [0.15, 0.2) is 128 Å². The Morgan fingerprint density at radius 2 is 1.36 bits per heavy atom. The first-order chi connectivity index (χ1) is 19.3. The lowest BCUT2D eigenvalue weighted by atomic mass is 10.0. The highest BCUT2D eigenvalue weighted by atomic mass is 15.3. The van der Waals surface area contributed by atoms with Gasteiger partial charge < -0.3 is 4.90 Å². The Morgan fingerprint density at radius 1 is 0.564 bits per heavy atom. The number of anilines is 3. The second-order valence-corrected chi connectivity index (χ2v) is 9.97. The van der Waals surface area contributed by atoms with Gasteiger partial charge in [-0.1, -0.05) is 54.6 Å². The molecule has 1 aliphatic rings. The van der Waals surface area contributed by atoms with E-state index in [9.17, 15) is 0 Å². The van der Waals surface area contributed by atoms with E-state index in [1.807, 2.05) is 41.5 Å². The summed E-state index contributed by atoms with van der Waals surface area (Å²) < 4.78 is 4.20. The van der Waals surface area contributed by atoms with Crippen molar-refractivity contribution in [2.75, 3.05) is 4.90 Å². The van der Waals surface area contributed by atoms with Crippen molar-refractivity contribution in [1.29, 1.82) is 0 Å². The lowest BCUT2D eigenvalue weighted by Crippen LogP contribution is -2.12. The molecule has 0 unspecified atom stereocenters. The summed E-state index contributed by atoms with van der Waals surface area (Å²) >= 11 is 0. The Hall–Kier alpha value is -5.16. The Labute approximate surface area is 226 Å². The second-order valence-electron chi connectivity index (χ2n) is 9.97. The topological polar surface area (TPSA) is 38.9 Å². The molecular formula is C34H25N5. The predicted octanol–water partition coefficient (Wildman–Crippen LogP) is 7.93. The second kappa shape index (κ2) is 8.71. The molecule has 4 aromatic carbocycles. The third kappa shape index (κ3) is 3.47. The van der Waals surface area contributed by atoms with Crippen LogP contribution in [0.4, 0.5) is 17.1 Å². The first kappa shape index (κ1) is 21.9. The molecule has 7 aromatic rings. The zero-order chi connectivity index (χ0) is 25.8. The Balaban J connectivity index is 1.41. The van der Waals surface area contributed by atoms with Crippen molar-refractivity contribution < 1.29 is 0 Å².